The topological polar surface area (TPSA) is 121 Å². The van der Waals surface area contributed by atoms with E-state index in [2.05, 4.69) is 19.8 Å². The molecule has 0 spiro atoms. The first kappa shape index (κ1) is 29.1. The average molecular weight is 624 g/mol. The van der Waals surface area contributed by atoms with Gasteiger partial charge in [0.15, 0.2) is 0 Å². The van der Waals surface area contributed by atoms with Gasteiger partial charge in [0.25, 0.3) is 5.56 Å². The Morgan fingerprint density at radius 3 is 2.33 bits per heavy atom. The maximum Gasteiger partial charge on any atom is 0.263 e. The highest BCUT2D eigenvalue weighted by molar-refractivity contribution is 7.89. The van der Waals surface area contributed by atoms with Crippen LogP contribution in [0.5, 0.6) is 5.75 Å². The normalized spacial score (nSPS) is 16.6. The molecule has 0 N–H and O–H groups in total. The number of sulfonamides is 1. The van der Waals surface area contributed by atoms with Crippen molar-refractivity contribution < 1.29 is 17.9 Å². The minimum absolute atomic E-state index is 0.0125. The number of fused-ring (bicyclic) bond motifs is 1. The van der Waals surface area contributed by atoms with Crippen LogP contribution >= 0.6 is 11.3 Å². The highest BCUT2D eigenvalue weighted by Crippen LogP contribution is 2.34. The van der Waals surface area contributed by atoms with Gasteiger partial charge in [-0.2, -0.15) is 4.31 Å². The predicted molar refractivity (Wildman–Crippen MR) is 166 cm³/mol. The number of ether oxygens (including phenoxy) is 1. The number of aromatic nitrogens is 3. The minimum Gasteiger partial charge on any atom is -0.495 e. The molecule has 2 fully saturated rings. The molecule has 3 aromatic heterocycles. The van der Waals surface area contributed by atoms with E-state index in [9.17, 15) is 18.0 Å². The lowest BCUT2D eigenvalue weighted by Crippen LogP contribution is -2.50. The van der Waals surface area contributed by atoms with Crippen LogP contribution in [0.1, 0.15) is 4.88 Å². The van der Waals surface area contributed by atoms with E-state index >= 15 is 0 Å². The van der Waals surface area contributed by atoms with Gasteiger partial charge in [-0.1, -0.05) is 18.2 Å². The first-order valence-corrected chi connectivity index (χ1v) is 16.3. The van der Waals surface area contributed by atoms with Gasteiger partial charge in [-0.3, -0.25) is 14.2 Å². The van der Waals surface area contributed by atoms with Crippen LogP contribution in [0.15, 0.2) is 64.7 Å². The monoisotopic (exact) mass is 623 g/mol. The molecular formula is C29H33N7O5S2. The molecule has 2 saturated heterocycles. The van der Waals surface area contributed by atoms with Crippen LogP contribution in [0.2, 0.25) is 0 Å². The average Bonchev–Trinajstić information content (AvgIpc) is 3.40. The summed E-state index contributed by atoms with van der Waals surface area (Å²) in [6.45, 7) is 5.21. The van der Waals surface area contributed by atoms with E-state index in [1.165, 1.54) is 26.5 Å². The Hall–Kier alpha value is -4.01. The molecule has 43 heavy (non-hydrogen) atoms. The molecule has 226 valence electrons. The van der Waals surface area contributed by atoms with E-state index in [1.54, 1.807) is 25.1 Å². The molecule has 2 aliphatic heterocycles. The Morgan fingerprint density at radius 2 is 1.63 bits per heavy atom. The molecule has 5 heterocycles. The van der Waals surface area contributed by atoms with Crippen molar-refractivity contribution in [2.24, 2.45) is 0 Å². The molecule has 0 unspecified atom stereocenters. The van der Waals surface area contributed by atoms with E-state index in [0.29, 0.717) is 49.0 Å². The van der Waals surface area contributed by atoms with Gasteiger partial charge in [0.2, 0.25) is 15.9 Å². The van der Waals surface area contributed by atoms with Gasteiger partial charge >= 0.3 is 0 Å². The molecule has 0 saturated carbocycles. The summed E-state index contributed by atoms with van der Waals surface area (Å²) in [4.78, 5) is 42.4. The first-order chi connectivity index (χ1) is 20.8. The molecule has 4 aromatic rings. The Morgan fingerprint density at radius 1 is 0.930 bits per heavy atom. The number of rotatable bonds is 7. The molecule has 1 amide bonds. The lowest BCUT2D eigenvalue weighted by atomic mass is 10.2. The second-order valence-corrected chi connectivity index (χ2v) is 13.5. The van der Waals surface area contributed by atoms with E-state index in [1.807, 2.05) is 42.5 Å². The number of hydrogen-bond acceptors (Lipinski definition) is 10. The van der Waals surface area contributed by atoms with Crippen LogP contribution < -0.4 is 20.1 Å². The zero-order valence-electron chi connectivity index (χ0n) is 24.0. The quantitative estimate of drug-likeness (QED) is 0.305. The third-order valence-corrected chi connectivity index (χ3v) is 11.2. The van der Waals surface area contributed by atoms with Gasteiger partial charge < -0.3 is 19.4 Å². The fraction of sp³-hybridized carbons (Fsp3) is 0.379. The van der Waals surface area contributed by atoms with Crippen molar-refractivity contribution in [2.75, 3.05) is 69.3 Å². The smallest absolute Gasteiger partial charge is 0.263 e. The number of amides is 1. The number of anilines is 2. The SMILES string of the molecule is COc1ccccc1N1CCN(S(=O)(=O)c2c(C)sc3ncn(CC(=O)N4CCN(c5ccccn5)CC4)c(=O)c23)CC1. The number of aryl methyl sites for hydroxylation is 1. The number of benzene rings is 1. The van der Waals surface area contributed by atoms with Crippen molar-refractivity contribution in [2.45, 2.75) is 18.4 Å². The van der Waals surface area contributed by atoms with Crippen molar-refractivity contribution in [1.29, 1.82) is 0 Å². The molecule has 2 aliphatic rings. The molecule has 14 heteroatoms. The Kier molecular flexibility index (Phi) is 8.07. The Bertz CT molecular complexity index is 1790. The van der Waals surface area contributed by atoms with Gasteiger partial charge in [0.1, 0.15) is 27.8 Å². The van der Waals surface area contributed by atoms with Gasteiger partial charge in [-0.15, -0.1) is 11.3 Å². The van der Waals surface area contributed by atoms with E-state index in [-0.39, 0.29) is 35.8 Å². The number of para-hydroxylation sites is 2. The Labute approximate surface area is 253 Å². The summed E-state index contributed by atoms with van der Waals surface area (Å²) in [5.74, 6) is 1.38. The summed E-state index contributed by atoms with van der Waals surface area (Å²) in [5, 5.41) is 0.0462. The Balaban J connectivity index is 1.19. The summed E-state index contributed by atoms with van der Waals surface area (Å²) in [5.41, 5.74) is 0.384. The second kappa shape index (κ2) is 11.9. The van der Waals surface area contributed by atoms with Crippen LogP contribution in [0.4, 0.5) is 11.5 Å². The van der Waals surface area contributed by atoms with Crippen molar-refractivity contribution in [1.82, 2.24) is 23.7 Å². The lowest BCUT2D eigenvalue weighted by molar-refractivity contribution is -0.132. The van der Waals surface area contributed by atoms with Gasteiger partial charge in [-0.05, 0) is 31.2 Å². The van der Waals surface area contributed by atoms with Crippen molar-refractivity contribution in [3.05, 3.63) is 70.2 Å². The van der Waals surface area contributed by atoms with Crippen LogP contribution in [0.3, 0.4) is 0 Å². The van der Waals surface area contributed by atoms with Crippen LogP contribution in [0, 0.1) is 6.92 Å². The fourth-order valence-electron chi connectivity index (χ4n) is 5.70. The number of hydrogen-bond donors (Lipinski definition) is 0. The number of pyridine rings is 1. The molecule has 0 aliphatic carbocycles. The number of piperazine rings is 2. The van der Waals surface area contributed by atoms with Crippen molar-refractivity contribution in [3.63, 3.8) is 0 Å². The summed E-state index contributed by atoms with van der Waals surface area (Å²) in [6.07, 6.45) is 3.08. The van der Waals surface area contributed by atoms with Gasteiger partial charge in [0, 0.05) is 63.4 Å². The summed E-state index contributed by atoms with van der Waals surface area (Å²) >= 11 is 1.18. The molecule has 1 aromatic carbocycles. The molecule has 12 nitrogen and oxygen atoms in total. The fourth-order valence-corrected chi connectivity index (χ4v) is 8.79. The highest BCUT2D eigenvalue weighted by atomic mass is 32.2. The minimum atomic E-state index is -3.99. The third-order valence-electron chi connectivity index (χ3n) is 7.97. The number of nitrogens with zero attached hydrogens (tertiary/aromatic N) is 7. The summed E-state index contributed by atoms with van der Waals surface area (Å²) in [7, 11) is -2.38. The zero-order valence-corrected chi connectivity index (χ0v) is 25.7. The zero-order chi connectivity index (χ0) is 30.1. The lowest BCUT2D eigenvalue weighted by Gasteiger charge is -2.36. The van der Waals surface area contributed by atoms with E-state index in [4.69, 9.17) is 4.74 Å². The largest absolute Gasteiger partial charge is 0.495 e. The standard InChI is InChI=1S/C29H33N7O5S2/c1-21-27(43(39,40)36-17-15-32(16-18-36)22-7-3-4-8-23(22)41-2)26-28(42-21)31-20-35(29(26)38)19-25(37)34-13-11-33(12-14-34)24-9-5-6-10-30-24/h3-10,20H,11-19H2,1-2H3. The van der Waals surface area contributed by atoms with E-state index < -0.39 is 15.6 Å². The van der Waals surface area contributed by atoms with Crippen LogP contribution in [0.25, 0.3) is 10.2 Å². The first-order valence-electron chi connectivity index (χ1n) is 14.1. The van der Waals surface area contributed by atoms with Crippen LogP contribution in [-0.4, -0.2) is 97.5 Å². The molecule has 0 radical (unpaired) electrons. The number of carbonyl (C=O) groups is 1. The van der Waals surface area contributed by atoms with Crippen LogP contribution in [-0.2, 0) is 21.4 Å². The molecular weight excluding hydrogens is 590 g/mol. The van der Waals surface area contributed by atoms with Crippen molar-refractivity contribution >= 4 is 49.0 Å². The number of methoxy groups -OCH3 is 1. The molecule has 0 atom stereocenters. The summed E-state index contributed by atoms with van der Waals surface area (Å²) in [6, 6.07) is 13.4. The van der Waals surface area contributed by atoms with Gasteiger partial charge in [0.05, 0.1) is 24.5 Å². The predicted octanol–water partition coefficient (Wildman–Crippen LogP) is 2.03. The third kappa shape index (κ3) is 5.57. The van der Waals surface area contributed by atoms with E-state index in [0.717, 1.165) is 17.3 Å². The number of carbonyl (C=O) groups excluding carboxylic acids is 1. The van der Waals surface area contributed by atoms with Crippen molar-refractivity contribution in [3.8, 4) is 5.75 Å². The molecule has 6 rings (SSSR count). The van der Waals surface area contributed by atoms with Gasteiger partial charge in [-0.25, -0.2) is 18.4 Å². The maximum atomic E-state index is 14.0. The highest BCUT2D eigenvalue weighted by Gasteiger charge is 2.34. The number of thiophene rings is 1. The summed E-state index contributed by atoms with van der Waals surface area (Å²) < 4.78 is 36.0. The second-order valence-electron chi connectivity index (χ2n) is 10.5. The maximum absolute atomic E-state index is 14.0. The molecule has 0 bridgehead atoms.